The maximum Gasteiger partial charge on any atom is 0.257 e. The number of aromatic nitrogens is 1. The number of benzene rings is 1. The molecule has 4 heteroatoms. The van der Waals surface area contributed by atoms with E-state index in [1.165, 1.54) is 0 Å². The van der Waals surface area contributed by atoms with Crippen LogP contribution in [0.4, 0.5) is 5.82 Å². The van der Waals surface area contributed by atoms with Crippen LogP contribution >= 0.6 is 0 Å². The number of aliphatic hydroxyl groups excluding tert-OH is 1. The highest BCUT2D eigenvalue weighted by atomic mass is 16.3. The first-order chi connectivity index (χ1) is 9.35. The third kappa shape index (κ3) is 3.84. The largest absolute Gasteiger partial charge is 0.391 e. The standard InChI is InChI=1S/C16H22N2O2/c1-16(2,3)9-12(19)10-17-14-8-11-6-4-5-7-13(11)15(20)18-14/h4-8,12,19H,9-10H2,1-3H3,(H2,17,18,20). The van der Waals surface area contributed by atoms with Gasteiger partial charge in [0.1, 0.15) is 5.82 Å². The predicted molar refractivity (Wildman–Crippen MR) is 83.1 cm³/mol. The summed E-state index contributed by atoms with van der Waals surface area (Å²) >= 11 is 0. The molecule has 1 aromatic carbocycles. The van der Waals surface area contributed by atoms with E-state index in [-0.39, 0.29) is 11.0 Å². The van der Waals surface area contributed by atoms with Crippen LogP contribution in [-0.2, 0) is 0 Å². The predicted octanol–water partition coefficient (Wildman–Crippen LogP) is 2.74. The molecule has 1 aromatic heterocycles. The number of rotatable bonds is 4. The Bertz CT molecular complexity index is 641. The van der Waals surface area contributed by atoms with E-state index in [2.05, 4.69) is 31.1 Å². The van der Waals surface area contributed by atoms with E-state index >= 15 is 0 Å². The van der Waals surface area contributed by atoms with Crippen LogP contribution in [0.2, 0.25) is 0 Å². The van der Waals surface area contributed by atoms with Gasteiger partial charge >= 0.3 is 0 Å². The lowest BCUT2D eigenvalue weighted by Gasteiger charge is -2.22. The molecule has 0 amide bonds. The molecule has 0 spiro atoms. The van der Waals surface area contributed by atoms with Crippen molar-refractivity contribution in [1.82, 2.24) is 4.98 Å². The first-order valence-electron chi connectivity index (χ1n) is 6.89. The van der Waals surface area contributed by atoms with Crippen LogP contribution in [-0.4, -0.2) is 22.7 Å². The Kier molecular flexibility index (Phi) is 4.14. The molecular formula is C16H22N2O2. The molecular weight excluding hydrogens is 252 g/mol. The summed E-state index contributed by atoms with van der Waals surface area (Å²) in [6.45, 7) is 6.70. The van der Waals surface area contributed by atoms with Crippen molar-refractivity contribution in [1.29, 1.82) is 0 Å². The van der Waals surface area contributed by atoms with E-state index in [1.54, 1.807) is 6.07 Å². The highest BCUT2D eigenvalue weighted by molar-refractivity contribution is 5.83. The minimum Gasteiger partial charge on any atom is -0.391 e. The second-order valence-electron chi connectivity index (χ2n) is 6.40. The van der Waals surface area contributed by atoms with E-state index < -0.39 is 6.10 Å². The molecule has 1 atom stereocenters. The Morgan fingerprint density at radius 2 is 2.00 bits per heavy atom. The van der Waals surface area contributed by atoms with Crippen LogP contribution in [0.1, 0.15) is 27.2 Å². The molecule has 4 nitrogen and oxygen atoms in total. The summed E-state index contributed by atoms with van der Waals surface area (Å²) in [5, 5.41) is 14.6. The minimum atomic E-state index is -0.440. The summed E-state index contributed by atoms with van der Waals surface area (Å²) in [5.74, 6) is 0.640. The molecule has 0 saturated carbocycles. The molecule has 1 unspecified atom stereocenters. The summed E-state index contributed by atoms with van der Waals surface area (Å²) in [6.07, 6.45) is 0.266. The van der Waals surface area contributed by atoms with Crippen LogP contribution in [0.15, 0.2) is 35.1 Å². The minimum absolute atomic E-state index is 0.0812. The van der Waals surface area contributed by atoms with Gasteiger partial charge in [-0.1, -0.05) is 39.0 Å². The average molecular weight is 274 g/mol. The summed E-state index contributed by atoms with van der Waals surface area (Å²) in [5.41, 5.74) is -0.0337. The topological polar surface area (TPSA) is 65.1 Å². The van der Waals surface area contributed by atoms with Crippen molar-refractivity contribution >= 4 is 16.6 Å². The fourth-order valence-electron chi connectivity index (χ4n) is 2.31. The van der Waals surface area contributed by atoms with Gasteiger partial charge in [0.15, 0.2) is 0 Å². The van der Waals surface area contributed by atoms with Gasteiger partial charge in [-0.05, 0) is 29.4 Å². The number of aromatic amines is 1. The van der Waals surface area contributed by atoms with E-state index in [9.17, 15) is 9.90 Å². The van der Waals surface area contributed by atoms with Gasteiger partial charge in [-0.25, -0.2) is 0 Å². The van der Waals surface area contributed by atoms with Crippen LogP contribution in [0, 0.1) is 5.41 Å². The fraction of sp³-hybridized carbons (Fsp3) is 0.438. The van der Waals surface area contributed by atoms with Crippen molar-refractivity contribution in [2.75, 3.05) is 11.9 Å². The zero-order valence-corrected chi connectivity index (χ0v) is 12.2. The van der Waals surface area contributed by atoms with Crippen molar-refractivity contribution in [3.05, 3.63) is 40.7 Å². The lowest BCUT2D eigenvalue weighted by atomic mass is 9.89. The molecule has 108 valence electrons. The van der Waals surface area contributed by atoms with Gasteiger partial charge in [0.25, 0.3) is 5.56 Å². The smallest absolute Gasteiger partial charge is 0.257 e. The van der Waals surface area contributed by atoms with Crippen LogP contribution in [0.5, 0.6) is 0 Å². The molecule has 20 heavy (non-hydrogen) atoms. The SMILES string of the molecule is CC(C)(C)CC(O)CNc1cc2ccccc2c(=O)[nH]1. The van der Waals surface area contributed by atoms with Crippen molar-refractivity contribution in [3.63, 3.8) is 0 Å². The number of anilines is 1. The van der Waals surface area contributed by atoms with Gasteiger partial charge in [0.2, 0.25) is 0 Å². The Balaban J connectivity index is 2.09. The summed E-state index contributed by atoms with van der Waals surface area (Å²) < 4.78 is 0. The van der Waals surface area contributed by atoms with E-state index in [0.717, 1.165) is 5.39 Å². The Morgan fingerprint density at radius 1 is 1.30 bits per heavy atom. The summed E-state index contributed by atoms with van der Waals surface area (Å²) in [7, 11) is 0. The maximum atomic E-state index is 11.9. The third-order valence-corrected chi connectivity index (χ3v) is 3.13. The molecule has 0 aliphatic carbocycles. The van der Waals surface area contributed by atoms with E-state index in [4.69, 9.17) is 0 Å². The fourth-order valence-corrected chi connectivity index (χ4v) is 2.31. The third-order valence-electron chi connectivity index (χ3n) is 3.13. The van der Waals surface area contributed by atoms with Gasteiger partial charge in [-0.2, -0.15) is 0 Å². The highest BCUT2D eigenvalue weighted by Gasteiger charge is 2.16. The Hall–Kier alpha value is -1.81. The van der Waals surface area contributed by atoms with Crippen LogP contribution in [0.3, 0.4) is 0 Å². The number of pyridine rings is 1. The molecule has 2 rings (SSSR count). The van der Waals surface area contributed by atoms with Gasteiger partial charge < -0.3 is 15.4 Å². The lowest BCUT2D eigenvalue weighted by molar-refractivity contribution is 0.132. The zero-order valence-electron chi connectivity index (χ0n) is 12.2. The molecule has 0 saturated heterocycles. The molecule has 0 fully saturated rings. The Morgan fingerprint density at radius 3 is 2.70 bits per heavy atom. The Labute approximate surface area is 118 Å². The van der Waals surface area contributed by atoms with Crippen molar-refractivity contribution in [3.8, 4) is 0 Å². The highest BCUT2D eigenvalue weighted by Crippen LogP contribution is 2.21. The number of nitrogens with one attached hydrogen (secondary N) is 2. The second-order valence-corrected chi connectivity index (χ2v) is 6.40. The average Bonchev–Trinajstić information content (AvgIpc) is 2.34. The number of hydrogen-bond acceptors (Lipinski definition) is 3. The number of H-pyrrole nitrogens is 1. The number of aliphatic hydroxyl groups is 1. The maximum absolute atomic E-state index is 11.9. The first-order valence-corrected chi connectivity index (χ1v) is 6.89. The van der Waals surface area contributed by atoms with Crippen molar-refractivity contribution in [2.24, 2.45) is 5.41 Å². The summed E-state index contributed by atoms with van der Waals surface area (Å²) in [4.78, 5) is 14.7. The van der Waals surface area contributed by atoms with E-state index in [1.807, 2.05) is 24.3 Å². The normalized spacial score (nSPS) is 13.4. The van der Waals surface area contributed by atoms with Crippen molar-refractivity contribution < 1.29 is 5.11 Å². The van der Waals surface area contributed by atoms with Crippen LogP contribution < -0.4 is 10.9 Å². The quantitative estimate of drug-likeness (QED) is 0.803. The molecule has 2 aromatic rings. The lowest BCUT2D eigenvalue weighted by Crippen LogP contribution is -2.26. The molecule has 0 aliphatic rings. The second kappa shape index (κ2) is 5.67. The zero-order chi connectivity index (χ0) is 14.8. The molecule has 0 bridgehead atoms. The first kappa shape index (κ1) is 14.6. The van der Waals surface area contributed by atoms with Gasteiger partial charge in [0, 0.05) is 11.9 Å². The van der Waals surface area contributed by atoms with Crippen molar-refractivity contribution in [2.45, 2.75) is 33.3 Å². The van der Waals surface area contributed by atoms with Gasteiger partial charge in [0.05, 0.1) is 6.10 Å². The van der Waals surface area contributed by atoms with Gasteiger partial charge in [-0.3, -0.25) is 4.79 Å². The van der Waals surface area contributed by atoms with Gasteiger partial charge in [-0.15, -0.1) is 0 Å². The summed E-state index contributed by atoms with van der Waals surface area (Å²) in [6, 6.07) is 9.34. The number of fused-ring (bicyclic) bond motifs is 1. The monoisotopic (exact) mass is 274 g/mol. The number of hydrogen-bond donors (Lipinski definition) is 3. The molecule has 0 aliphatic heterocycles. The molecule has 0 radical (unpaired) electrons. The molecule has 3 N–H and O–H groups in total. The van der Waals surface area contributed by atoms with E-state index in [0.29, 0.717) is 24.2 Å². The van der Waals surface area contributed by atoms with Crippen LogP contribution in [0.25, 0.3) is 10.8 Å². The molecule has 1 heterocycles.